The number of hydrogen-bond donors (Lipinski definition) is 0. The smallest absolute Gasteiger partial charge is 0.183 e. The van der Waals surface area contributed by atoms with Gasteiger partial charge in [-0.05, 0) is 43.7 Å². The molecule has 4 rings (SSSR count). The Labute approximate surface area is 154 Å². The highest BCUT2D eigenvalue weighted by atomic mass is 19.1. The molecule has 0 unspecified atom stereocenters. The topological polar surface area (TPSA) is 52.3 Å². The van der Waals surface area contributed by atoms with Crippen molar-refractivity contribution in [2.24, 2.45) is 0 Å². The fraction of sp³-hybridized carbons (Fsp3) is 0.250. The van der Waals surface area contributed by atoms with Crippen molar-refractivity contribution in [1.29, 1.82) is 0 Å². The first-order chi connectivity index (χ1) is 13.1. The quantitative estimate of drug-likeness (QED) is 0.479. The molecule has 2 aromatic carbocycles. The minimum absolute atomic E-state index is 0.269. The van der Waals surface area contributed by atoms with Gasteiger partial charge in [0.05, 0.1) is 23.4 Å². The van der Waals surface area contributed by atoms with E-state index in [0.29, 0.717) is 40.6 Å². The molecule has 0 fully saturated rings. The molecule has 0 spiro atoms. The van der Waals surface area contributed by atoms with Crippen LogP contribution < -0.4 is 4.74 Å². The summed E-state index contributed by atoms with van der Waals surface area (Å²) in [5.74, 6) is 0.0514. The van der Waals surface area contributed by atoms with E-state index >= 15 is 0 Å². The lowest BCUT2D eigenvalue weighted by Crippen LogP contribution is -2.00. The molecule has 138 valence electrons. The minimum Gasteiger partial charge on any atom is -0.494 e. The first-order valence-corrected chi connectivity index (χ1v) is 8.82. The summed E-state index contributed by atoms with van der Waals surface area (Å²) in [6.07, 6.45) is 1.92. The van der Waals surface area contributed by atoms with Gasteiger partial charge in [-0.25, -0.2) is 13.8 Å². The van der Waals surface area contributed by atoms with Crippen LogP contribution in [0.5, 0.6) is 5.75 Å². The minimum atomic E-state index is -0.439. The van der Waals surface area contributed by atoms with E-state index in [4.69, 9.17) is 4.74 Å². The molecule has 0 saturated carbocycles. The van der Waals surface area contributed by atoms with Crippen molar-refractivity contribution in [3.05, 3.63) is 53.7 Å². The Morgan fingerprint density at radius 2 is 1.93 bits per heavy atom. The second kappa shape index (κ2) is 6.90. The van der Waals surface area contributed by atoms with Gasteiger partial charge in [-0.3, -0.25) is 4.40 Å². The fourth-order valence-corrected chi connectivity index (χ4v) is 3.01. The van der Waals surface area contributed by atoms with Crippen molar-refractivity contribution >= 4 is 16.7 Å². The number of halogens is 2. The Kier molecular flexibility index (Phi) is 4.43. The molecule has 0 saturated heterocycles. The van der Waals surface area contributed by atoms with Crippen LogP contribution in [0.25, 0.3) is 28.1 Å². The standard InChI is InChI=1S/C20H18F2N4O/c1-3-4-9-27-14-6-7-16(22)15(11-14)20-23-12(2)19-25-24-17-8-5-13(21)10-18(17)26(19)20/h5-8,10-11H,3-4,9H2,1-2H3. The Hall–Kier alpha value is -3.09. The molecule has 0 bridgehead atoms. The number of aryl methyl sites for hydroxylation is 1. The summed E-state index contributed by atoms with van der Waals surface area (Å²) in [6, 6.07) is 8.76. The maximum atomic E-state index is 14.6. The zero-order valence-corrected chi connectivity index (χ0v) is 15.0. The summed E-state index contributed by atoms with van der Waals surface area (Å²) < 4.78 is 35.8. The molecular weight excluding hydrogens is 350 g/mol. The first-order valence-electron chi connectivity index (χ1n) is 8.82. The van der Waals surface area contributed by atoms with Crippen LogP contribution in [0, 0.1) is 18.6 Å². The van der Waals surface area contributed by atoms with E-state index in [1.54, 1.807) is 23.5 Å². The Morgan fingerprint density at radius 1 is 1.07 bits per heavy atom. The third-order valence-corrected chi connectivity index (χ3v) is 4.40. The lowest BCUT2D eigenvalue weighted by Gasteiger charge is -2.09. The molecular formula is C20H18F2N4O. The molecule has 4 aromatic rings. The largest absolute Gasteiger partial charge is 0.494 e. The van der Waals surface area contributed by atoms with E-state index in [1.165, 1.54) is 24.3 Å². The maximum absolute atomic E-state index is 14.6. The molecule has 0 N–H and O–H groups in total. The Bertz CT molecular complexity index is 1140. The van der Waals surface area contributed by atoms with E-state index in [-0.39, 0.29) is 5.56 Å². The van der Waals surface area contributed by atoms with Gasteiger partial charge in [-0.15, -0.1) is 10.2 Å². The highest BCUT2D eigenvalue weighted by Crippen LogP contribution is 2.30. The molecule has 0 aliphatic heterocycles. The molecule has 0 radical (unpaired) electrons. The van der Waals surface area contributed by atoms with Crippen molar-refractivity contribution in [3.63, 3.8) is 0 Å². The summed E-state index contributed by atoms with van der Waals surface area (Å²) in [4.78, 5) is 4.48. The predicted molar refractivity (Wildman–Crippen MR) is 98.8 cm³/mol. The Morgan fingerprint density at radius 3 is 2.74 bits per heavy atom. The lowest BCUT2D eigenvalue weighted by molar-refractivity contribution is 0.309. The van der Waals surface area contributed by atoms with E-state index in [0.717, 1.165) is 12.8 Å². The number of unbranched alkanes of at least 4 members (excludes halogenated alkanes) is 1. The summed E-state index contributed by atoms with van der Waals surface area (Å²) in [5, 5.41) is 8.28. The highest BCUT2D eigenvalue weighted by molar-refractivity contribution is 5.80. The van der Waals surface area contributed by atoms with E-state index in [1.807, 2.05) is 0 Å². The van der Waals surface area contributed by atoms with E-state index in [2.05, 4.69) is 22.1 Å². The SMILES string of the molecule is CCCCOc1ccc(F)c(-c2nc(C)c3nnc4ccc(F)cc4n23)c1. The second-order valence-electron chi connectivity index (χ2n) is 6.36. The summed E-state index contributed by atoms with van der Waals surface area (Å²) in [6.45, 7) is 4.39. The lowest BCUT2D eigenvalue weighted by atomic mass is 10.2. The van der Waals surface area contributed by atoms with Crippen LogP contribution in [0.2, 0.25) is 0 Å². The number of imidazole rings is 1. The molecule has 0 amide bonds. The number of aromatic nitrogens is 4. The Balaban J connectivity index is 1.94. The van der Waals surface area contributed by atoms with Crippen LogP contribution >= 0.6 is 0 Å². The van der Waals surface area contributed by atoms with Gasteiger partial charge in [0, 0.05) is 6.07 Å². The van der Waals surface area contributed by atoms with Gasteiger partial charge in [0.1, 0.15) is 28.7 Å². The summed E-state index contributed by atoms with van der Waals surface area (Å²) in [5.41, 5.74) is 2.29. The van der Waals surface area contributed by atoms with Crippen molar-refractivity contribution < 1.29 is 13.5 Å². The van der Waals surface area contributed by atoms with Gasteiger partial charge in [0.25, 0.3) is 0 Å². The molecule has 0 aliphatic rings. The zero-order chi connectivity index (χ0) is 19.0. The number of benzene rings is 2. The van der Waals surface area contributed by atoms with Crippen LogP contribution in [0.1, 0.15) is 25.5 Å². The molecule has 27 heavy (non-hydrogen) atoms. The summed E-state index contributed by atoms with van der Waals surface area (Å²) >= 11 is 0. The molecule has 5 nitrogen and oxygen atoms in total. The van der Waals surface area contributed by atoms with Crippen LogP contribution in [-0.4, -0.2) is 26.2 Å². The molecule has 0 atom stereocenters. The van der Waals surface area contributed by atoms with Crippen LogP contribution in [-0.2, 0) is 0 Å². The van der Waals surface area contributed by atoms with Gasteiger partial charge < -0.3 is 4.74 Å². The predicted octanol–water partition coefficient (Wildman–Crippen LogP) is 4.71. The van der Waals surface area contributed by atoms with Crippen molar-refractivity contribution in [2.75, 3.05) is 6.61 Å². The van der Waals surface area contributed by atoms with Crippen molar-refractivity contribution in [2.45, 2.75) is 26.7 Å². The van der Waals surface area contributed by atoms with Gasteiger partial charge in [0.2, 0.25) is 0 Å². The first kappa shape index (κ1) is 17.3. The highest BCUT2D eigenvalue weighted by Gasteiger charge is 2.18. The second-order valence-corrected chi connectivity index (χ2v) is 6.36. The van der Waals surface area contributed by atoms with Crippen molar-refractivity contribution in [3.8, 4) is 17.1 Å². The molecule has 2 aromatic heterocycles. The van der Waals surface area contributed by atoms with Crippen LogP contribution in [0.4, 0.5) is 8.78 Å². The van der Waals surface area contributed by atoms with Crippen LogP contribution in [0.15, 0.2) is 36.4 Å². The van der Waals surface area contributed by atoms with Gasteiger partial charge in [0.15, 0.2) is 5.65 Å². The number of rotatable bonds is 5. The van der Waals surface area contributed by atoms with Crippen LogP contribution in [0.3, 0.4) is 0 Å². The maximum Gasteiger partial charge on any atom is 0.183 e. The zero-order valence-electron chi connectivity index (χ0n) is 15.0. The van der Waals surface area contributed by atoms with Gasteiger partial charge >= 0.3 is 0 Å². The van der Waals surface area contributed by atoms with Crippen molar-refractivity contribution in [1.82, 2.24) is 19.6 Å². The number of fused-ring (bicyclic) bond motifs is 3. The van der Waals surface area contributed by atoms with Gasteiger partial charge in [-0.2, -0.15) is 0 Å². The van der Waals surface area contributed by atoms with E-state index < -0.39 is 11.6 Å². The van der Waals surface area contributed by atoms with E-state index in [9.17, 15) is 8.78 Å². The summed E-state index contributed by atoms with van der Waals surface area (Å²) in [7, 11) is 0. The third kappa shape index (κ3) is 3.09. The van der Waals surface area contributed by atoms with Gasteiger partial charge in [-0.1, -0.05) is 13.3 Å². The third-order valence-electron chi connectivity index (χ3n) is 4.40. The monoisotopic (exact) mass is 368 g/mol. The average Bonchev–Trinajstić information content (AvgIpc) is 3.00. The molecule has 7 heteroatoms. The molecule has 2 heterocycles. The molecule has 0 aliphatic carbocycles. The normalized spacial score (nSPS) is 11.4. The number of hydrogen-bond acceptors (Lipinski definition) is 4. The average molecular weight is 368 g/mol. The number of ether oxygens (including phenoxy) is 1. The number of nitrogens with zero attached hydrogens (tertiary/aromatic N) is 4. The fourth-order valence-electron chi connectivity index (χ4n) is 3.01.